The van der Waals surface area contributed by atoms with E-state index in [4.69, 9.17) is 25.8 Å². The molecule has 1 N–H and O–H groups in total. The number of hydrogen-bond acceptors (Lipinski definition) is 7. The molecular formula is C34H46ClNO6. The number of ether oxygens (including phenoxy) is 3. The number of carbonyl (C=O) groups is 2. The summed E-state index contributed by atoms with van der Waals surface area (Å²) in [6.45, 7) is 11.2. The van der Waals surface area contributed by atoms with Gasteiger partial charge in [0.1, 0.15) is 12.4 Å². The molecule has 0 radical (unpaired) electrons. The number of nitrogens with zero attached hydrogens (tertiary/aromatic N) is 1. The zero-order valence-electron chi connectivity index (χ0n) is 25.5. The van der Waals surface area contributed by atoms with Gasteiger partial charge in [0.2, 0.25) is 5.60 Å². The predicted molar refractivity (Wildman–Crippen MR) is 167 cm³/mol. The standard InChI is InChI=1S/C34H46ClNO6/c1-6-7-8-9-11-18-36-19-12-10-13-26-20-29(35)16-14-27(26)23-41-31-17-15-28(21-30(31)36)34(39,33(38)40-5)25(4)32(37)42-22-24(2)3/h6,14-17,20-21,24-25,39H,1,7-13,18-19,22-23H2,2-5H3/t25-,34+/m0/s1. The fraction of sp³-hybridized carbons (Fsp3) is 0.529. The van der Waals surface area contributed by atoms with Gasteiger partial charge in [0, 0.05) is 18.1 Å². The van der Waals surface area contributed by atoms with Crippen molar-refractivity contribution in [2.75, 3.05) is 31.7 Å². The zero-order chi connectivity index (χ0) is 30.7. The van der Waals surface area contributed by atoms with Gasteiger partial charge in [-0.15, -0.1) is 6.58 Å². The molecule has 1 aliphatic rings. The van der Waals surface area contributed by atoms with Gasteiger partial charge in [-0.1, -0.05) is 50.1 Å². The van der Waals surface area contributed by atoms with E-state index in [1.54, 1.807) is 18.2 Å². The number of esters is 2. The summed E-state index contributed by atoms with van der Waals surface area (Å²) >= 11 is 6.30. The average Bonchev–Trinajstić information content (AvgIpc) is 3.01. The topological polar surface area (TPSA) is 85.3 Å². The van der Waals surface area contributed by atoms with Crippen molar-refractivity contribution < 1.29 is 28.9 Å². The van der Waals surface area contributed by atoms with Crippen molar-refractivity contribution in [3.63, 3.8) is 0 Å². The van der Waals surface area contributed by atoms with E-state index >= 15 is 0 Å². The van der Waals surface area contributed by atoms with Gasteiger partial charge in [0.05, 0.1) is 25.3 Å². The van der Waals surface area contributed by atoms with E-state index in [0.717, 1.165) is 69.3 Å². The summed E-state index contributed by atoms with van der Waals surface area (Å²) in [4.78, 5) is 28.4. The van der Waals surface area contributed by atoms with Crippen molar-refractivity contribution in [1.29, 1.82) is 0 Å². The van der Waals surface area contributed by atoms with Crippen LogP contribution in [0.3, 0.4) is 0 Å². The number of aliphatic hydroxyl groups is 1. The minimum Gasteiger partial charge on any atom is -0.487 e. The first kappa shape index (κ1) is 33.5. The molecule has 0 aliphatic carbocycles. The van der Waals surface area contributed by atoms with Gasteiger partial charge in [-0.05, 0) is 92.3 Å². The molecule has 2 atom stereocenters. The molecule has 8 heteroatoms. The molecule has 1 aliphatic heterocycles. The van der Waals surface area contributed by atoms with Crippen molar-refractivity contribution >= 4 is 29.2 Å². The highest BCUT2D eigenvalue weighted by Gasteiger charge is 2.49. The molecule has 230 valence electrons. The summed E-state index contributed by atoms with van der Waals surface area (Å²) in [7, 11) is 1.20. The van der Waals surface area contributed by atoms with Crippen molar-refractivity contribution in [3.05, 3.63) is 70.8 Å². The second-order valence-electron chi connectivity index (χ2n) is 11.5. The number of anilines is 1. The van der Waals surface area contributed by atoms with Gasteiger partial charge >= 0.3 is 11.9 Å². The lowest BCUT2D eigenvalue weighted by atomic mass is 9.81. The van der Waals surface area contributed by atoms with Crippen LogP contribution in [0.1, 0.15) is 76.0 Å². The number of allylic oxidation sites excluding steroid dienone is 1. The second-order valence-corrected chi connectivity index (χ2v) is 11.9. The number of unbranched alkanes of at least 4 members (excludes halogenated alkanes) is 3. The largest absolute Gasteiger partial charge is 0.487 e. The lowest BCUT2D eigenvalue weighted by molar-refractivity contribution is -0.180. The third-order valence-electron chi connectivity index (χ3n) is 7.79. The molecule has 0 aromatic heterocycles. The Kier molecular flexibility index (Phi) is 12.7. The van der Waals surface area contributed by atoms with E-state index < -0.39 is 23.5 Å². The molecule has 2 aromatic carbocycles. The molecular weight excluding hydrogens is 554 g/mol. The molecule has 0 unspecified atom stereocenters. The first-order chi connectivity index (χ1) is 20.1. The fourth-order valence-electron chi connectivity index (χ4n) is 5.23. The Morgan fingerprint density at radius 2 is 1.90 bits per heavy atom. The number of aryl methyl sites for hydroxylation is 1. The molecule has 1 heterocycles. The summed E-state index contributed by atoms with van der Waals surface area (Å²) in [6, 6.07) is 11.1. The lowest BCUT2D eigenvalue weighted by Gasteiger charge is -2.33. The van der Waals surface area contributed by atoms with E-state index in [9.17, 15) is 14.7 Å². The normalized spacial score (nSPS) is 15.7. The Morgan fingerprint density at radius 3 is 2.62 bits per heavy atom. The Bertz CT molecular complexity index is 1210. The molecule has 0 saturated carbocycles. The predicted octanol–water partition coefficient (Wildman–Crippen LogP) is 7.00. The molecule has 3 rings (SSSR count). The maximum Gasteiger partial charge on any atom is 0.343 e. The van der Waals surface area contributed by atoms with Crippen LogP contribution in [0.4, 0.5) is 5.69 Å². The SMILES string of the molecule is C=CCCCCCN1CCCCc2cc(Cl)ccc2COc2ccc([C@@](O)(C(=O)OC)[C@@H](C)C(=O)OCC(C)C)cc21. The molecule has 2 aromatic rings. The van der Waals surface area contributed by atoms with Gasteiger partial charge < -0.3 is 24.2 Å². The van der Waals surface area contributed by atoms with Gasteiger partial charge in [0.15, 0.2) is 0 Å². The van der Waals surface area contributed by atoms with Crippen LogP contribution in [0.5, 0.6) is 5.75 Å². The average molecular weight is 600 g/mol. The third-order valence-corrected chi connectivity index (χ3v) is 8.02. The molecule has 0 fully saturated rings. The van der Waals surface area contributed by atoms with Gasteiger partial charge in [-0.25, -0.2) is 4.79 Å². The molecule has 42 heavy (non-hydrogen) atoms. The number of fused-ring (bicyclic) bond motifs is 2. The van der Waals surface area contributed by atoms with Gasteiger partial charge in [0.25, 0.3) is 0 Å². The van der Waals surface area contributed by atoms with Crippen LogP contribution in [0, 0.1) is 11.8 Å². The van der Waals surface area contributed by atoms with Gasteiger partial charge in [-0.3, -0.25) is 4.79 Å². The van der Waals surface area contributed by atoms with Crippen LogP contribution in [0.25, 0.3) is 0 Å². The third kappa shape index (κ3) is 8.51. The monoisotopic (exact) mass is 599 g/mol. The summed E-state index contributed by atoms with van der Waals surface area (Å²) in [5, 5.41) is 12.6. The van der Waals surface area contributed by atoms with E-state index in [1.165, 1.54) is 19.6 Å². The van der Waals surface area contributed by atoms with Crippen molar-refractivity contribution in [1.82, 2.24) is 0 Å². The van der Waals surface area contributed by atoms with Crippen LogP contribution in [0.2, 0.25) is 5.02 Å². The van der Waals surface area contributed by atoms with Crippen LogP contribution in [0.15, 0.2) is 49.1 Å². The lowest BCUT2D eigenvalue weighted by Crippen LogP contribution is -2.47. The summed E-state index contributed by atoms with van der Waals surface area (Å²) in [5.74, 6) is -2.04. The quantitative estimate of drug-likeness (QED) is 0.160. The van der Waals surface area contributed by atoms with Crippen LogP contribution in [-0.4, -0.2) is 43.9 Å². The molecule has 0 spiro atoms. The number of carbonyl (C=O) groups excluding carboxylic acids is 2. The molecule has 7 nitrogen and oxygen atoms in total. The molecule has 0 saturated heterocycles. The molecule has 0 amide bonds. The Hall–Kier alpha value is -3.03. The first-order valence-electron chi connectivity index (χ1n) is 15.0. The Morgan fingerprint density at radius 1 is 1.12 bits per heavy atom. The van der Waals surface area contributed by atoms with Crippen LogP contribution < -0.4 is 9.64 Å². The fourth-order valence-corrected chi connectivity index (χ4v) is 5.43. The van der Waals surface area contributed by atoms with Crippen LogP contribution in [-0.2, 0) is 37.7 Å². The maximum absolute atomic E-state index is 13.1. The molecule has 0 bridgehead atoms. The number of methoxy groups -OCH3 is 1. The number of hydrogen-bond donors (Lipinski definition) is 1. The van der Waals surface area contributed by atoms with E-state index in [2.05, 4.69) is 11.5 Å². The second kappa shape index (κ2) is 16.0. The van der Waals surface area contributed by atoms with Crippen LogP contribution >= 0.6 is 11.6 Å². The van der Waals surface area contributed by atoms with Crippen molar-refractivity contribution in [2.45, 2.75) is 77.9 Å². The van der Waals surface area contributed by atoms with Crippen molar-refractivity contribution in [3.8, 4) is 5.75 Å². The highest BCUT2D eigenvalue weighted by molar-refractivity contribution is 6.30. The Labute approximate surface area is 255 Å². The number of benzene rings is 2. The van der Waals surface area contributed by atoms with Crippen molar-refractivity contribution in [2.24, 2.45) is 11.8 Å². The van der Waals surface area contributed by atoms with E-state index in [-0.39, 0.29) is 18.1 Å². The highest BCUT2D eigenvalue weighted by Crippen LogP contribution is 2.39. The highest BCUT2D eigenvalue weighted by atomic mass is 35.5. The number of halogens is 1. The maximum atomic E-state index is 13.1. The minimum atomic E-state index is -2.25. The Balaban J connectivity index is 2.04. The summed E-state index contributed by atoms with van der Waals surface area (Å²) < 4.78 is 16.8. The van der Waals surface area contributed by atoms with E-state index in [1.807, 2.05) is 38.1 Å². The zero-order valence-corrected chi connectivity index (χ0v) is 26.3. The first-order valence-corrected chi connectivity index (χ1v) is 15.4. The summed E-state index contributed by atoms with van der Waals surface area (Å²) in [5.41, 5.74) is 1.01. The van der Waals surface area contributed by atoms with E-state index in [0.29, 0.717) is 17.4 Å². The smallest absolute Gasteiger partial charge is 0.343 e. The number of rotatable bonds is 12. The summed E-state index contributed by atoms with van der Waals surface area (Å²) in [6.07, 6.45) is 8.79. The minimum absolute atomic E-state index is 0.110. The van der Waals surface area contributed by atoms with Gasteiger partial charge in [-0.2, -0.15) is 0 Å².